The third-order valence-electron chi connectivity index (χ3n) is 9.31. The number of hydrogen-bond acceptors (Lipinski definition) is 4. The van der Waals surface area contributed by atoms with Crippen LogP contribution in [-0.2, 0) is 0 Å². The number of nitriles is 1. The minimum absolute atomic E-state index is 0.594. The third-order valence-corrected chi connectivity index (χ3v) is 9.31. The van der Waals surface area contributed by atoms with Gasteiger partial charge in [0.25, 0.3) is 0 Å². The molecule has 0 saturated heterocycles. The average Bonchev–Trinajstić information content (AvgIpc) is 3.20. The maximum absolute atomic E-state index is 9.27. The predicted molar refractivity (Wildman–Crippen MR) is 204 cm³/mol. The lowest BCUT2D eigenvalue weighted by Crippen LogP contribution is -2.00. The van der Waals surface area contributed by atoms with Gasteiger partial charge in [-0.2, -0.15) is 5.26 Å². The molecule has 4 nitrogen and oxygen atoms in total. The summed E-state index contributed by atoms with van der Waals surface area (Å²) < 4.78 is 0. The van der Waals surface area contributed by atoms with Gasteiger partial charge in [-0.25, -0.2) is 15.0 Å². The molecule has 0 unspecified atom stereocenters. The van der Waals surface area contributed by atoms with Crippen molar-refractivity contribution in [3.8, 4) is 62.5 Å². The summed E-state index contributed by atoms with van der Waals surface area (Å²) >= 11 is 0. The Morgan fingerprint density at radius 3 is 1.62 bits per heavy atom. The molecule has 0 bridgehead atoms. The molecule has 4 heteroatoms. The molecule has 1 heterocycles. The van der Waals surface area contributed by atoms with Crippen LogP contribution in [0.4, 0.5) is 0 Å². The molecule has 1 aromatic heterocycles. The minimum Gasteiger partial charge on any atom is -0.208 e. The Hall–Kier alpha value is -6.96. The zero-order valence-electron chi connectivity index (χ0n) is 27.0. The summed E-state index contributed by atoms with van der Waals surface area (Å²) in [6.45, 7) is 0. The largest absolute Gasteiger partial charge is 0.208 e. The smallest absolute Gasteiger partial charge is 0.164 e. The second kappa shape index (κ2) is 12.2. The molecule has 0 aliphatic carbocycles. The number of rotatable bonds is 5. The fourth-order valence-electron chi connectivity index (χ4n) is 6.87. The van der Waals surface area contributed by atoms with E-state index in [1.165, 1.54) is 37.9 Å². The number of aromatic nitrogens is 3. The van der Waals surface area contributed by atoms with Crippen molar-refractivity contribution in [2.75, 3.05) is 0 Å². The highest BCUT2D eigenvalue weighted by Gasteiger charge is 2.16. The first kappa shape index (κ1) is 29.2. The molecule has 50 heavy (non-hydrogen) atoms. The van der Waals surface area contributed by atoms with Crippen molar-refractivity contribution in [1.29, 1.82) is 5.26 Å². The van der Waals surface area contributed by atoms with Crippen molar-refractivity contribution < 1.29 is 0 Å². The van der Waals surface area contributed by atoms with Crippen LogP contribution < -0.4 is 0 Å². The molecular formula is C46H28N4. The molecule has 9 rings (SSSR count). The van der Waals surface area contributed by atoms with E-state index in [1.54, 1.807) is 0 Å². The SMILES string of the molecule is N#Cc1ccc(-c2cccc(-c3nc(-c4ccccc4)nc(-c4cccc(-c5c6ccccc6cc6c5ccc5ccccc56)c4)n3)c2)cc1. The highest BCUT2D eigenvalue weighted by atomic mass is 15.0. The van der Waals surface area contributed by atoms with E-state index in [1.807, 2.05) is 66.7 Å². The summed E-state index contributed by atoms with van der Waals surface area (Å²) in [7, 11) is 0. The highest BCUT2D eigenvalue weighted by molar-refractivity contribution is 6.20. The van der Waals surface area contributed by atoms with Crippen LogP contribution in [0.3, 0.4) is 0 Å². The van der Waals surface area contributed by atoms with E-state index in [2.05, 4.69) is 109 Å². The van der Waals surface area contributed by atoms with Crippen molar-refractivity contribution in [1.82, 2.24) is 15.0 Å². The first-order valence-electron chi connectivity index (χ1n) is 16.6. The maximum Gasteiger partial charge on any atom is 0.164 e. The Kier molecular flexibility index (Phi) is 7.15. The minimum atomic E-state index is 0.594. The summed E-state index contributed by atoms with van der Waals surface area (Å²) in [5.74, 6) is 1.81. The molecule has 0 spiro atoms. The lowest BCUT2D eigenvalue weighted by atomic mass is 9.89. The molecule has 0 atom stereocenters. The Morgan fingerprint density at radius 1 is 0.340 bits per heavy atom. The van der Waals surface area contributed by atoms with Crippen molar-refractivity contribution in [3.63, 3.8) is 0 Å². The summed E-state index contributed by atoms with van der Waals surface area (Å²) in [6.07, 6.45) is 0. The Balaban J connectivity index is 1.23. The van der Waals surface area contributed by atoms with Crippen LogP contribution in [0.1, 0.15) is 5.56 Å². The Labute approximate surface area is 289 Å². The Morgan fingerprint density at radius 2 is 0.900 bits per heavy atom. The van der Waals surface area contributed by atoms with Crippen LogP contribution in [0.2, 0.25) is 0 Å². The van der Waals surface area contributed by atoms with Gasteiger partial charge in [0.15, 0.2) is 17.5 Å². The number of nitrogens with zero attached hydrogens (tertiary/aromatic N) is 4. The molecule has 9 aromatic rings. The fourth-order valence-corrected chi connectivity index (χ4v) is 6.87. The van der Waals surface area contributed by atoms with Crippen molar-refractivity contribution >= 4 is 32.3 Å². The maximum atomic E-state index is 9.27. The topological polar surface area (TPSA) is 62.5 Å². The molecule has 232 valence electrons. The van der Waals surface area contributed by atoms with Gasteiger partial charge in [-0.1, -0.05) is 140 Å². The van der Waals surface area contributed by atoms with Crippen LogP contribution in [-0.4, -0.2) is 15.0 Å². The fraction of sp³-hybridized carbons (Fsp3) is 0. The van der Waals surface area contributed by atoms with Crippen LogP contribution in [0.15, 0.2) is 170 Å². The highest BCUT2D eigenvalue weighted by Crippen LogP contribution is 2.40. The monoisotopic (exact) mass is 636 g/mol. The predicted octanol–water partition coefficient (Wildman–Crippen LogP) is 11.5. The van der Waals surface area contributed by atoms with E-state index < -0.39 is 0 Å². The van der Waals surface area contributed by atoms with Gasteiger partial charge in [0.1, 0.15) is 0 Å². The second-order valence-electron chi connectivity index (χ2n) is 12.4. The summed E-state index contributed by atoms with van der Waals surface area (Å²) in [6, 6.07) is 60.6. The van der Waals surface area contributed by atoms with E-state index in [0.717, 1.165) is 33.4 Å². The quantitative estimate of drug-likeness (QED) is 0.139. The van der Waals surface area contributed by atoms with Gasteiger partial charge in [0.2, 0.25) is 0 Å². The summed E-state index contributed by atoms with van der Waals surface area (Å²) in [5.41, 5.74) is 7.68. The number of hydrogen-bond donors (Lipinski definition) is 0. The van der Waals surface area contributed by atoms with Gasteiger partial charge in [-0.3, -0.25) is 0 Å². The van der Waals surface area contributed by atoms with Gasteiger partial charge in [-0.05, 0) is 84.9 Å². The number of fused-ring (bicyclic) bond motifs is 4. The lowest BCUT2D eigenvalue weighted by molar-refractivity contribution is 1.07. The average molecular weight is 637 g/mol. The van der Waals surface area contributed by atoms with Gasteiger partial charge in [0, 0.05) is 16.7 Å². The van der Waals surface area contributed by atoms with Gasteiger partial charge in [-0.15, -0.1) is 0 Å². The molecule has 0 aliphatic rings. The van der Waals surface area contributed by atoms with E-state index >= 15 is 0 Å². The van der Waals surface area contributed by atoms with Gasteiger partial charge < -0.3 is 0 Å². The van der Waals surface area contributed by atoms with Crippen LogP contribution >= 0.6 is 0 Å². The molecule has 0 fully saturated rings. The summed E-state index contributed by atoms with van der Waals surface area (Å²) in [5, 5.41) is 16.6. The standard InChI is InChI=1S/C46H28N4/c47-29-30-20-22-31(23-21-30)34-14-8-16-37(26-34)45-48-44(33-11-2-1-3-12-33)49-46(50-45)38-17-9-15-36(27-38)43-40-19-7-5-13-35(40)28-42-39-18-6-4-10-32(39)24-25-41(42)43/h1-28H. The first-order valence-corrected chi connectivity index (χ1v) is 16.6. The van der Waals surface area contributed by atoms with Crippen LogP contribution in [0, 0.1) is 11.3 Å². The lowest BCUT2D eigenvalue weighted by Gasteiger charge is -2.15. The van der Waals surface area contributed by atoms with Crippen LogP contribution in [0.5, 0.6) is 0 Å². The van der Waals surface area contributed by atoms with Crippen LogP contribution in [0.25, 0.3) is 88.7 Å². The number of benzene rings is 8. The molecule has 0 amide bonds. The van der Waals surface area contributed by atoms with Crippen molar-refractivity contribution in [2.45, 2.75) is 0 Å². The van der Waals surface area contributed by atoms with E-state index in [9.17, 15) is 5.26 Å². The molecule has 0 N–H and O–H groups in total. The molecule has 0 aliphatic heterocycles. The van der Waals surface area contributed by atoms with E-state index in [4.69, 9.17) is 15.0 Å². The zero-order chi connectivity index (χ0) is 33.4. The third kappa shape index (κ3) is 5.24. The zero-order valence-corrected chi connectivity index (χ0v) is 27.0. The van der Waals surface area contributed by atoms with Crippen molar-refractivity contribution in [2.24, 2.45) is 0 Å². The first-order chi connectivity index (χ1) is 24.7. The second-order valence-corrected chi connectivity index (χ2v) is 12.4. The molecule has 0 saturated carbocycles. The van der Waals surface area contributed by atoms with E-state index in [-0.39, 0.29) is 0 Å². The van der Waals surface area contributed by atoms with Gasteiger partial charge >= 0.3 is 0 Å². The molecule has 0 radical (unpaired) electrons. The summed E-state index contributed by atoms with van der Waals surface area (Å²) in [4.78, 5) is 15.1. The van der Waals surface area contributed by atoms with E-state index in [0.29, 0.717) is 23.0 Å². The molecule has 8 aromatic carbocycles. The normalized spacial score (nSPS) is 11.2. The molecular weight excluding hydrogens is 609 g/mol. The Bertz CT molecular complexity index is 2760. The van der Waals surface area contributed by atoms with Gasteiger partial charge in [0.05, 0.1) is 11.6 Å². The van der Waals surface area contributed by atoms with Crippen molar-refractivity contribution in [3.05, 3.63) is 175 Å².